The predicted octanol–water partition coefficient (Wildman–Crippen LogP) is 11.6. The summed E-state index contributed by atoms with van der Waals surface area (Å²) in [6, 6.07) is 17.2. The zero-order valence-electron chi connectivity index (χ0n) is 37.7. The Balaban J connectivity index is 0.000000422. The molecule has 2 atom stereocenters. The fraction of sp³-hybridized carbons (Fsp3) is 0.444. The first-order chi connectivity index (χ1) is 29.1. The smallest absolute Gasteiger partial charge is 0.408 e. The molecule has 344 valence electrons. The fourth-order valence-electron chi connectivity index (χ4n) is 5.87. The van der Waals surface area contributed by atoms with Crippen molar-refractivity contribution in [2.45, 2.75) is 124 Å². The molecule has 0 saturated heterocycles. The highest BCUT2D eigenvalue weighted by Gasteiger charge is 2.27. The van der Waals surface area contributed by atoms with Crippen LogP contribution in [0.3, 0.4) is 0 Å². The largest absolute Gasteiger partial charge is 0.480 e. The minimum Gasteiger partial charge on any atom is -0.480 e. The highest BCUT2D eigenvalue weighted by molar-refractivity contribution is 9.10. The number of anilines is 1. The van der Waals surface area contributed by atoms with Gasteiger partial charge in [0.05, 0.1) is 5.69 Å². The molecule has 1 heterocycles. The monoisotopic (exact) mass is 1050 g/mol. The Morgan fingerprint density at radius 2 is 1.25 bits per heavy atom. The van der Waals surface area contributed by atoms with Crippen molar-refractivity contribution >= 4 is 92.9 Å². The quantitative estimate of drug-likeness (QED) is 0.0668. The number of carboxylic acid groups (broad SMARTS) is 1. The second-order valence-electron chi connectivity index (χ2n) is 18.1. The molecule has 0 aliphatic heterocycles. The molecular formula is C45H59Br2Cl2N5O8Si. The average molecular weight is 1060 g/mol. The highest BCUT2D eigenvalue weighted by Crippen LogP contribution is 2.29. The van der Waals surface area contributed by atoms with E-state index in [-0.39, 0.29) is 18.7 Å². The molecule has 0 bridgehead atoms. The van der Waals surface area contributed by atoms with Gasteiger partial charge in [-0.05, 0) is 127 Å². The Hall–Kier alpha value is -3.93. The van der Waals surface area contributed by atoms with Gasteiger partial charge >= 0.3 is 18.2 Å². The molecule has 1 aromatic heterocycles. The number of benzene rings is 3. The van der Waals surface area contributed by atoms with Crippen LogP contribution in [0.5, 0.6) is 0 Å². The molecule has 0 spiro atoms. The Labute approximate surface area is 398 Å². The van der Waals surface area contributed by atoms with Crippen LogP contribution in [0.2, 0.25) is 35.7 Å². The SMILES string of the molecule is CC(C)(C)OC(=O)N[C@@H](Cc1cc(Br)ccc1Cl)C(=O)O.Cc1nn(COCC[Si](C)(C)C)c(C)c1-c1ccc(NC(=O)[C@H](Cc2cc(Br)ccc2Cl)NC(=O)OC(C)(C)C)cc1. The fourth-order valence-corrected chi connectivity index (χ4v) is 7.83. The molecule has 4 rings (SSSR count). The topological polar surface area (TPSA) is 170 Å². The lowest BCUT2D eigenvalue weighted by Gasteiger charge is -2.23. The number of aliphatic carboxylic acids is 1. The van der Waals surface area contributed by atoms with Gasteiger partial charge in [-0.3, -0.25) is 4.79 Å². The van der Waals surface area contributed by atoms with Crippen LogP contribution in [-0.4, -0.2) is 76.9 Å². The summed E-state index contributed by atoms with van der Waals surface area (Å²) < 4.78 is 19.9. The molecule has 0 aliphatic carbocycles. The standard InChI is InChI=1S/C31H42BrClN4O4Si.C14H17BrClNO4/c1-20-28(21(2)37(36-20)19-40-15-16-42(6,7)8)22-9-12-25(13-10-22)34-29(38)27(35-30(39)41-31(3,4)5)18-23-17-24(32)11-14-26(23)33;1-14(2,3)21-13(20)17-11(12(18)19)7-8-6-9(15)4-5-10(8)16/h9-14,17,27H,15-16,18-19H2,1-8H3,(H,34,38)(H,35,39);4-6,11H,7H2,1-3H3,(H,17,20)(H,18,19)/t27-;11-/m00/s1. The van der Waals surface area contributed by atoms with Gasteiger partial charge in [0.2, 0.25) is 5.91 Å². The number of amides is 3. The van der Waals surface area contributed by atoms with E-state index in [0.29, 0.717) is 33.6 Å². The van der Waals surface area contributed by atoms with Crippen molar-refractivity contribution in [2.24, 2.45) is 0 Å². The van der Waals surface area contributed by atoms with E-state index in [9.17, 15) is 24.3 Å². The second-order valence-corrected chi connectivity index (χ2v) is 26.3. The number of carbonyl (C=O) groups excluding carboxylic acids is 3. The Morgan fingerprint density at radius 3 is 1.71 bits per heavy atom. The summed E-state index contributed by atoms with van der Waals surface area (Å²) in [7, 11) is -1.15. The second kappa shape index (κ2) is 23.3. The summed E-state index contributed by atoms with van der Waals surface area (Å²) in [6.45, 7) is 22.6. The van der Waals surface area contributed by atoms with Crippen molar-refractivity contribution in [1.29, 1.82) is 0 Å². The number of hydrogen-bond donors (Lipinski definition) is 4. The van der Waals surface area contributed by atoms with Crippen molar-refractivity contribution in [2.75, 3.05) is 11.9 Å². The van der Waals surface area contributed by atoms with Crippen molar-refractivity contribution in [3.63, 3.8) is 0 Å². The molecule has 0 saturated carbocycles. The number of hydrogen-bond acceptors (Lipinski definition) is 8. The first-order valence-corrected chi connectivity index (χ1v) is 26.3. The van der Waals surface area contributed by atoms with E-state index in [1.54, 1.807) is 65.8 Å². The van der Waals surface area contributed by atoms with Crippen molar-refractivity contribution in [1.82, 2.24) is 20.4 Å². The van der Waals surface area contributed by atoms with E-state index in [0.717, 1.165) is 44.1 Å². The molecule has 13 nitrogen and oxygen atoms in total. The number of carboxylic acids is 1. The third kappa shape index (κ3) is 19.0. The van der Waals surface area contributed by atoms with E-state index in [4.69, 9.17) is 37.4 Å². The first kappa shape index (κ1) is 53.4. The van der Waals surface area contributed by atoms with E-state index >= 15 is 0 Å². The van der Waals surface area contributed by atoms with E-state index in [1.807, 2.05) is 54.9 Å². The van der Waals surface area contributed by atoms with Gasteiger partial charge < -0.3 is 35.3 Å². The maximum atomic E-state index is 13.4. The third-order valence-electron chi connectivity index (χ3n) is 8.89. The molecule has 63 heavy (non-hydrogen) atoms. The van der Waals surface area contributed by atoms with E-state index in [2.05, 4.69) is 72.5 Å². The molecule has 4 N–H and O–H groups in total. The molecule has 0 unspecified atom stereocenters. The van der Waals surface area contributed by atoms with Crippen molar-refractivity contribution in [3.05, 3.63) is 102 Å². The minimum atomic E-state index is -1.16. The van der Waals surface area contributed by atoms with Gasteiger partial charge in [0.15, 0.2) is 0 Å². The van der Waals surface area contributed by atoms with E-state index in [1.165, 1.54) is 0 Å². The van der Waals surface area contributed by atoms with Crippen molar-refractivity contribution < 1.29 is 38.5 Å². The first-order valence-electron chi connectivity index (χ1n) is 20.2. The molecule has 0 radical (unpaired) electrons. The zero-order valence-corrected chi connectivity index (χ0v) is 43.4. The van der Waals surface area contributed by atoms with Crippen LogP contribution in [0.4, 0.5) is 15.3 Å². The van der Waals surface area contributed by atoms with Crippen LogP contribution in [0.1, 0.15) is 64.1 Å². The Morgan fingerprint density at radius 1 is 0.778 bits per heavy atom. The van der Waals surface area contributed by atoms with Gasteiger partial charge in [-0.25, -0.2) is 19.1 Å². The number of alkyl carbamates (subject to hydrolysis) is 2. The van der Waals surface area contributed by atoms with Gasteiger partial charge in [-0.1, -0.05) is 86.8 Å². The van der Waals surface area contributed by atoms with Crippen LogP contribution in [0, 0.1) is 13.8 Å². The maximum absolute atomic E-state index is 13.4. The molecule has 0 aliphatic rings. The third-order valence-corrected chi connectivity index (χ3v) is 12.3. The summed E-state index contributed by atoms with van der Waals surface area (Å²) in [6.07, 6.45) is -1.22. The molecule has 0 fully saturated rings. The molecule has 18 heteroatoms. The number of aromatic nitrogens is 2. The highest BCUT2D eigenvalue weighted by atomic mass is 79.9. The summed E-state index contributed by atoms with van der Waals surface area (Å²) in [4.78, 5) is 49.0. The number of carbonyl (C=O) groups is 4. The van der Waals surface area contributed by atoms with Crippen molar-refractivity contribution in [3.8, 4) is 11.1 Å². The molecular weight excluding hydrogens is 997 g/mol. The number of aryl methyl sites for hydroxylation is 1. The molecule has 3 aromatic carbocycles. The predicted molar refractivity (Wildman–Crippen MR) is 260 cm³/mol. The lowest BCUT2D eigenvalue weighted by Crippen LogP contribution is -2.47. The van der Waals surface area contributed by atoms with Crippen LogP contribution in [0.15, 0.2) is 69.6 Å². The lowest BCUT2D eigenvalue weighted by atomic mass is 10.0. The Kier molecular flexibility index (Phi) is 19.8. The molecule has 4 aromatic rings. The summed E-state index contributed by atoms with van der Waals surface area (Å²) in [5, 5.41) is 22.8. The van der Waals surface area contributed by atoms with Gasteiger partial charge in [0.25, 0.3) is 0 Å². The summed E-state index contributed by atoms with van der Waals surface area (Å²) >= 11 is 19.2. The van der Waals surface area contributed by atoms with Crippen LogP contribution in [-0.2, 0) is 43.4 Å². The van der Waals surface area contributed by atoms with Crippen LogP contribution >= 0.6 is 55.1 Å². The maximum Gasteiger partial charge on any atom is 0.408 e. The van der Waals surface area contributed by atoms with Gasteiger partial charge in [-0.2, -0.15) is 5.10 Å². The number of rotatable bonds is 15. The van der Waals surface area contributed by atoms with Gasteiger partial charge in [-0.15, -0.1) is 0 Å². The van der Waals surface area contributed by atoms with Gasteiger partial charge in [0.1, 0.15) is 30.0 Å². The summed E-state index contributed by atoms with van der Waals surface area (Å²) in [5.41, 5.74) is 4.47. The van der Waals surface area contributed by atoms with Crippen LogP contribution in [0.25, 0.3) is 11.1 Å². The number of nitrogens with one attached hydrogen (secondary N) is 3. The molecule has 3 amide bonds. The number of halogens is 4. The lowest BCUT2D eigenvalue weighted by molar-refractivity contribution is -0.139. The van der Waals surface area contributed by atoms with Gasteiger partial charge in [0, 0.05) is 63.5 Å². The Bertz CT molecular complexity index is 2220. The number of nitrogens with zero attached hydrogens (tertiary/aromatic N) is 2. The minimum absolute atomic E-state index is 0.0624. The van der Waals surface area contributed by atoms with E-state index < -0.39 is 49.5 Å². The normalized spacial score (nSPS) is 12.6. The summed E-state index contributed by atoms with van der Waals surface area (Å²) in [5.74, 6) is -1.54. The average Bonchev–Trinajstić information content (AvgIpc) is 3.42. The number of ether oxygens (including phenoxy) is 3. The zero-order chi connectivity index (χ0) is 47.4. The van der Waals surface area contributed by atoms with Crippen LogP contribution < -0.4 is 16.0 Å².